The normalized spacial score (nSPS) is 20.7. The SMILES string of the molecule is CC1CN(C(=O)Cn2cnc3ccc(Br)cc3c2=O)CC(C)N1.Cl. The fraction of sp³-hybridized carbons (Fsp3) is 0.438. The first kappa shape index (κ1) is 18.9. The van der Waals surface area contributed by atoms with Gasteiger partial charge in [-0.2, -0.15) is 0 Å². The molecule has 1 aromatic heterocycles. The molecule has 130 valence electrons. The molecule has 2 aromatic rings. The molecule has 1 fully saturated rings. The molecule has 1 N–H and O–H groups in total. The highest BCUT2D eigenvalue weighted by atomic mass is 79.9. The molecule has 0 aliphatic carbocycles. The quantitative estimate of drug-likeness (QED) is 0.812. The number of aromatic nitrogens is 2. The van der Waals surface area contributed by atoms with Crippen molar-refractivity contribution in [3.63, 3.8) is 0 Å². The molecule has 0 spiro atoms. The molecular weight excluding hydrogens is 396 g/mol. The van der Waals surface area contributed by atoms with E-state index >= 15 is 0 Å². The zero-order chi connectivity index (χ0) is 16.6. The minimum Gasteiger partial charge on any atom is -0.338 e. The topological polar surface area (TPSA) is 67.2 Å². The second-order valence-corrected chi connectivity index (χ2v) is 7.02. The minimum atomic E-state index is -0.194. The summed E-state index contributed by atoms with van der Waals surface area (Å²) in [6.45, 7) is 5.44. The smallest absolute Gasteiger partial charge is 0.261 e. The monoisotopic (exact) mass is 414 g/mol. The zero-order valence-electron chi connectivity index (χ0n) is 13.5. The highest BCUT2D eigenvalue weighted by Gasteiger charge is 2.25. The molecule has 2 heterocycles. The minimum absolute atomic E-state index is 0. The summed E-state index contributed by atoms with van der Waals surface area (Å²) in [7, 11) is 0. The number of carbonyl (C=O) groups excluding carboxylic acids is 1. The average molecular weight is 416 g/mol. The number of fused-ring (bicyclic) bond motifs is 1. The number of nitrogens with zero attached hydrogens (tertiary/aromatic N) is 3. The van der Waals surface area contributed by atoms with E-state index in [1.807, 2.05) is 11.0 Å². The maximum absolute atomic E-state index is 12.5. The van der Waals surface area contributed by atoms with Gasteiger partial charge in [0, 0.05) is 29.6 Å². The Morgan fingerprint density at radius 2 is 2.00 bits per heavy atom. The summed E-state index contributed by atoms with van der Waals surface area (Å²) in [5.41, 5.74) is 0.437. The molecule has 1 saturated heterocycles. The summed E-state index contributed by atoms with van der Waals surface area (Å²) in [5.74, 6) is -0.0524. The van der Waals surface area contributed by atoms with Crippen molar-refractivity contribution in [2.24, 2.45) is 0 Å². The summed E-state index contributed by atoms with van der Waals surface area (Å²) in [6.07, 6.45) is 1.45. The number of amides is 1. The first-order valence-corrected chi connectivity index (χ1v) is 8.42. The van der Waals surface area contributed by atoms with Crippen molar-refractivity contribution in [1.82, 2.24) is 19.8 Å². The van der Waals surface area contributed by atoms with Crippen LogP contribution in [-0.2, 0) is 11.3 Å². The van der Waals surface area contributed by atoms with Crippen molar-refractivity contribution in [2.45, 2.75) is 32.5 Å². The third-order valence-electron chi connectivity index (χ3n) is 4.00. The fourth-order valence-electron chi connectivity index (χ4n) is 3.02. The third kappa shape index (κ3) is 3.96. The maximum atomic E-state index is 12.5. The molecule has 0 saturated carbocycles. The highest BCUT2D eigenvalue weighted by Crippen LogP contribution is 2.15. The highest BCUT2D eigenvalue weighted by molar-refractivity contribution is 9.10. The van der Waals surface area contributed by atoms with Crippen LogP contribution >= 0.6 is 28.3 Å². The van der Waals surface area contributed by atoms with E-state index in [1.54, 1.807) is 12.1 Å². The largest absolute Gasteiger partial charge is 0.338 e. The van der Waals surface area contributed by atoms with Gasteiger partial charge in [0.05, 0.1) is 17.2 Å². The Kier molecular flexibility index (Phi) is 6.01. The van der Waals surface area contributed by atoms with Gasteiger partial charge in [-0.3, -0.25) is 14.2 Å². The third-order valence-corrected chi connectivity index (χ3v) is 4.50. The molecule has 2 atom stereocenters. The van der Waals surface area contributed by atoms with Crippen LogP contribution < -0.4 is 10.9 Å². The van der Waals surface area contributed by atoms with Crippen molar-refractivity contribution < 1.29 is 4.79 Å². The van der Waals surface area contributed by atoms with Gasteiger partial charge in [0.2, 0.25) is 5.91 Å². The van der Waals surface area contributed by atoms with Crippen molar-refractivity contribution >= 4 is 45.1 Å². The molecule has 0 bridgehead atoms. The van der Waals surface area contributed by atoms with Crippen LogP contribution in [0.3, 0.4) is 0 Å². The Labute approximate surface area is 154 Å². The van der Waals surface area contributed by atoms with Gasteiger partial charge in [0.1, 0.15) is 6.54 Å². The zero-order valence-corrected chi connectivity index (χ0v) is 15.9. The Bertz CT molecular complexity index is 800. The van der Waals surface area contributed by atoms with Gasteiger partial charge in [-0.1, -0.05) is 15.9 Å². The van der Waals surface area contributed by atoms with Crippen LogP contribution in [0.2, 0.25) is 0 Å². The lowest BCUT2D eigenvalue weighted by Crippen LogP contribution is -2.56. The summed E-state index contributed by atoms with van der Waals surface area (Å²) >= 11 is 3.36. The Morgan fingerprint density at radius 3 is 2.67 bits per heavy atom. The number of carbonyl (C=O) groups is 1. The van der Waals surface area contributed by atoms with Crippen LogP contribution in [0, 0.1) is 0 Å². The molecular formula is C16H20BrClN4O2. The number of piperazine rings is 1. The van der Waals surface area contributed by atoms with Crippen LogP contribution in [0.25, 0.3) is 10.9 Å². The second-order valence-electron chi connectivity index (χ2n) is 6.11. The second kappa shape index (κ2) is 7.63. The van der Waals surface area contributed by atoms with Crippen molar-refractivity contribution in [3.05, 3.63) is 39.4 Å². The molecule has 3 rings (SSSR count). The molecule has 6 nitrogen and oxygen atoms in total. The predicted octanol–water partition coefficient (Wildman–Crippen LogP) is 1.79. The number of hydrogen-bond donors (Lipinski definition) is 1. The van der Waals surface area contributed by atoms with E-state index in [0.29, 0.717) is 24.0 Å². The first-order valence-electron chi connectivity index (χ1n) is 7.62. The lowest BCUT2D eigenvalue weighted by Gasteiger charge is -2.36. The Balaban J connectivity index is 0.00000208. The average Bonchev–Trinajstić information content (AvgIpc) is 2.49. The van der Waals surface area contributed by atoms with Gasteiger partial charge in [0.15, 0.2) is 0 Å². The summed E-state index contributed by atoms with van der Waals surface area (Å²) < 4.78 is 2.20. The molecule has 8 heteroatoms. The predicted molar refractivity (Wildman–Crippen MR) is 99.6 cm³/mol. The van der Waals surface area contributed by atoms with Gasteiger partial charge in [0.25, 0.3) is 5.56 Å². The van der Waals surface area contributed by atoms with Crippen LogP contribution in [0.15, 0.2) is 33.8 Å². The number of nitrogens with one attached hydrogen (secondary N) is 1. The van der Waals surface area contributed by atoms with E-state index in [4.69, 9.17) is 0 Å². The van der Waals surface area contributed by atoms with Gasteiger partial charge < -0.3 is 10.2 Å². The lowest BCUT2D eigenvalue weighted by atomic mass is 10.1. The van der Waals surface area contributed by atoms with Crippen LogP contribution in [0.4, 0.5) is 0 Å². The Morgan fingerprint density at radius 1 is 1.33 bits per heavy atom. The van der Waals surface area contributed by atoms with Gasteiger partial charge in [-0.15, -0.1) is 12.4 Å². The molecule has 1 aromatic carbocycles. The van der Waals surface area contributed by atoms with Gasteiger partial charge in [-0.05, 0) is 32.0 Å². The molecule has 2 unspecified atom stereocenters. The van der Waals surface area contributed by atoms with E-state index in [2.05, 4.69) is 40.1 Å². The van der Waals surface area contributed by atoms with Gasteiger partial charge in [-0.25, -0.2) is 4.98 Å². The van der Waals surface area contributed by atoms with Gasteiger partial charge >= 0.3 is 0 Å². The van der Waals surface area contributed by atoms with E-state index in [1.165, 1.54) is 10.9 Å². The van der Waals surface area contributed by atoms with Crippen LogP contribution in [0.5, 0.6) is 0 Å². The number of benzene rings is 1. The standard InChI is InChI=1S/C16H19BrN4O2.ClH/c1-10-6-20(7-11(2)19-10)15(22)8-21-9-18-14-4-3-12(17)5-13(14)16(21)23;/h3-5,9-11,19H,6-8H2,1-2H3;1H. The molecule has 24 heavy (non-hydrogen) atoms. The van der Waals surface area contributed by atoms with E-state index in [0.717, 1.165) is 4.47 Å². The lowest BCUT2D eigenvalue weighted by molar-refractivity contribution is -0.133. The Hall–Kier alpha value is -1.44. The summed E-state index contributed by atoms with van der Waals surface area (Å²) in [6, 6.07) is 5.87. The molecule has 1 aliphatic rings. The van der Waals surface area contributed by atoms with Crippen molar-refractivity contribution in [2.75, 3.05) is 13.1 Å². The first-order chi connectivity index (χ1) is 10.9. The number of hydrogen-bond acceptors (Lipinski definition) is 4. The maximum Gasteiger partial charge on any atom is 0.261 e. The fourth-order valence-corrected chi connectivity index (χ4v) is 3.38. The van der Waals surface area contributed by atoms with Crippen molar-refractivity contribution in [1.29, 1.82) is 0 Å². The van der Waals surface area contributed by atoms with E-state index < -0.39 is 0 Å². The molecule has 1 amide bonds. The van der Waals surface area contributed by atoms with Crippen LogP contribution in [0.1, 0.15) is 13.8 Å². The van der Waals surface area contributed by atoms with E-state index in [-0.39, 0.29) is 42.5 Å². The number of halogens is 2. The van der Waals surface area contributed by atoms with E-state index in [9.17, 15) is 9.59 Å². The van der Waals surface area contributed by atoms with Crippen molar-refractivity contribution in [3.8, 4) is 0 Å². The number of rotatable bonds is 2. The molecule has 1 aliphatic heterocycles. The summed E-state index contributed by atoms with van der Waals surface area (Å²) in [5, 5.41) is 3.90. The van der Waals surface area contributed by atoms with Crippen LogP contribution in [-0.4, -0.2) is 45.5 Å². The summed E-state index contributed by atoms with van der Waals surface area (Å²) in [4.78, 5) is 31.1. The molecule has 0 radical (unpaired) electrons.